The third-order valence-corrected chi connectivity index (χ3v) is 3.79. The van der Waals surface area contributed by atoms with E-state index < -0.39 is 13.9 Å². The molecule has 0 heterocycles. The Hall–Kier alpha value is -1.40. The molecule has 7 nitrogen and oxygen atoms in total. The topological polar surface area (TPSA) is 94.1 Å². The summed E-state index contributed by atoms with van der Waals surface area (Å²) in [5, 5.41) is 0. The van der Waals surface area contributed by atoms with Gasteiger partial charge in [-0.15, -0.1) is 0 Å². The molecule has 8 heteroatoms. The van der Waals surface area contributed by atoms with Gasteiger partial charge < -0.3 is 9.63 Å². The number of carbonyl (C=O) groups excluding carboxylic acids is 1. The number of hydrogen-bond acceptors (Lipinski definition) is 5. The lowest BCUT2D eigenvalue weighted by Gasteiger charge is -2.12. The van der Waals surface area contributed by atoms with Crippen LogP contribution in [0.25, 0.3) is 0 Å². The first-order valence-corrected chi connectivity index (χ1v) is 9.15. The lowest BCUT2D eigenvalue weighted by atomic mass is 10.2. The number of ether oxygens (including phenoxy) is 1. The van der Waals surface area contributed by atoms with E-state index in [1.54, 1.807) is 5.48 Å². The maximum absolute atomic E-state index is 11.6. The van der Waals surface area contributed by atoms with Crippen LogP contribution < -0.4 is 5.48 Å². The molecule has 0 aliphatic carbocycles. The Morgan fingerprint density at radius 1 is 1.17 bits per heavy atom. The molecule has 23 heavy (non-hydrogen) atoms. The Labute approximate surface area is 136 Å². The quantitative estimate of drug-likeness (QED) is 0.362. The number of carbonyl (C=O) groups is 1. The molecule has 1 rings (SSSR count). The number of rotatable bonds is 11. The minimum atomic E-state index is -4.35. The van der Waals surface area contributed by atoms with E-state index in [4.69, 9.17) is 9.26 Å². The van der Waals surface area contributed by atoms with E-state index in [2.05, 4.69) is 11.5 Å². The number of phosphoric ester groups is 1. The highest BCUT2D eigenvalue weighted by Crippen LogP contribution is 2.41. The molecule has 0 aliphatic heterocycles. The van der Waals surface area contributed by atoms with Gasteiger partial charge in [0.1, 0.15) is 0 Å². The number of phosphoric acid groups is 1. The molecule has 0 fully saturated rings. The van der Waals surface area contributed by atoms with Gasteiger partial charge in [-0.3, -0.25) is 4.52 Å². The number of amides is 1. The molecule has 1 amide bonds. The molecule has 0 aliphatic rings. The van der Waals surface area contributed by atoms with E-state index in [9.17, 15) is 14.3 Å². The summed E-state index contributed by atoms with van der Waals surface area (Å²) in [5.41, 5.74) is 2.73. The van der Waals surface area contributed by atoms with Gasteiger partial charge in [0.15, 0.2) is 0 Å². The number of hydroxylamine groups is 1. The molecule has 1 aromatic rings. The smallest absolute Gasteiger partial charge is 0.448 e. The second-order valence-electron chi connectivity index (χ2n) is 4.93. The normalized spacial score (nSPS) is 13.3. The van der Waals surface area contributed by atoms with Crippen molar-refractivity contribution >= 4 is 13.9 Å². The number of unbranched alkanes of at least 4 members (excludes halogenated alkanes) is 3. The zero-order valence-electron chi connectivity index (χ0n) is 13.3. The molecule has 1 unspecified atom stereocenters. The van der Waals surface area contributed by atoms with Crippen molar-refractivity contribution in [2.24, 2.45) is 0 Å². The summed E-state index contributed by atoms with van der Waals surface area (Å²) in [5.74, 6) is 0. The van der Waals surface area contributed by atoms with Crippen LogP contribution in [0.5, 0.6) is 0 Å². The minimum absolute atomic E-state index is 0.00840. The van der Waals surface area contributed by atoms with Gasteiger partial charge in [0.25, 0.3) is 0 Å². The van der Waals surface area contributed by atoms with Crippen molar-refractivity contribution in [3.63, 3.8) is 0 Å². The summed E-state index contributed by atoms with van der Waals surface area (Å²) in [4.78, 5) is 20.7. The van der Waals surface area contributed by atoms with Crippen molar-refractivity contribution in [2.45, 2.75) is 39.0 Å². The molecule has 1 aromatic carbocycles. The van der Waals surface area contributed by atoms with Crippen molar-refractivity contribution in [1.82, 2.24) is 5.48 Å². The fourth-order valence-electron chi connectivity index (χ4n) is 1.77. The molecule has 0 aromatic heterocycles. The van der Waals surface area contributed by atoms with E-state index in [0.29, 0.717) is 6.42 Å². The number of hydrogen-bond donors (Lipinski definition) is 2. The van der Waals surface area contributed by atoms with Crippen LogP contribution in [0, 0.1) is 0 Å². The van der Waals surface area contributed by atoms with Crippen LogP contribution >= 0.6 is 7.82 Å². The first-order valence-electron chi connectivity index (χ1n) is 7.66. The lowest BCUT2D eigenvalue weighted by molar-refractivity contribution is 0.0680. The maximum Gasteiger partial charge on any atom is 0.493 e. The van der Waals surface area contributed by atoms with Crippen LogP contribution in [-0.4, -0.2) is 24.2 Å². The monoisotopic (exact) mass is 345 g/mol. The predicted octanol–water partition coefficient (Wildman–Crippen LogP) is 3.58. The van der Waals surface area contributed by atoms with Gasteiger partial charge in [-0.2, -0.15) is 10.1 Å². The molecule has 1 atom stereocenters. The van der Waals surface area contributed by atoms with Crippen LogP contribution in [0.4, 0.5) is 4.79 Å². The summed E-state index contributed by atoms with van der Waals surface area (Å²) >= 11 is 0. The Balaban J connectivity index is 2.14. The molecule has 130 valence electrons. The third kappa shape index (κ3) is 10.1. The first-order chi connectivity index (χ1) is 11.0. The van der Waals surface area contributed by atoms with Crippen LogP contribution in [0.2, 0.25) is 0 Å². The summed E-state index contributed by atoms with van der Waals surface area (Å²) in [6, 6.07) is 9.36. The van der Waals surface area contributed by atoms with E-state index >= 15 is 0 Å². The first kappa shape index (κ1) is 19.6. The Morgan fingerprint density at radius 3 is 2.61 bits per heavy atom. The Morgan fingerprint density at radius 2 is 1.91 bits per heavy atom. The van der Waals surface area contributed by atoms with Gasteiger partial charge in [0.05, 0.1) is 13.2 Å². The second kappa shape index (κ2) is 11.2. The zero-order chi connectivity index (χ0) is 17.0. The zero-order valence-corrected chi connectivity index (χ0v) is 14.2. The second-order valence-corrected chi connectivity index (χ2v) is 6.31. The Kier molecular flexibility index (Phi) is 9.55. The SMILES string of the molecule is CCCCCCOC(=O)NOP(=O)(O)OCCc1ccccc1. The van der Waals surface area contributed by atoms with Gasteiger partial charge in [-0.25, -0.2) is 9.36 Å². The van der Waals surface area contributed by atoms with E-state index in [1.807, 2.05) is 30.3 Å². The van der Waals surface area contributed by atoms with Crippen LogP contribution in [0.3, 0.4) is 0 Å². The van der Waals surface area contributed by atoms with Crippen molar-refractivity contribution in [3.8, 4) is 0 Å². The molecule has 0 bridgehead atoms. The molecule has 2 N–H and O–H groups in total. The summed E-state index contributed by atoms with van der Waals surface area (Å²) in [6.07, 6.45) is 3.40. The van der Waals surface area contributed by atoms with Gasteiger partial charge in [0.2, 0.25) is 0 Å². The van der Waals surface area contributed by atoms with Crippen molar-refractivity contribution < 1.29 is 28.1 Å². The van der Waals surface area contributed by atoms with Crippen LogP contribution in [0.1, 0.15) is 38.2 Å². The molecule has 0 radical (unpaired) electrons. The average molecular weight is 345 g/mol. The summed E-state index contributed by atoms with van der Waals surface area (Å²) in [7, 11) is -4.35. The average Bonchev–Trinajstić information content (AvgIpc) is 2.54. The molecular weight excluding hydrogens is 321 g/mol. The summed E-state index contributed by atoms with van der Waals surface area (Å²) in [6.45, 7) is 2.31. The Bertz CT molecular complexity index is 496. The fourth-order valence-corrected chi connectivity index (χ4v) is 2.33. The minimum Gasteiger partial charge on any atom is -0.448 e. The molecule has 0 spiro atoms. The van der Waals surface area contributed by atoms with Crippen molar-refractivity contribution in [3.05, 3.63) is 35.9 Å². The highest BCUT2D eigenvalue weighted by molar-refractivity contribution is 7.47. The molecule has 0 saturated heterocycles. The fraction of sp³-hybridized carbons (Fsp3) is 0.533. The largest absolute Gasteiger partial charge is 0.493 e. The van der Waals surface area contributed by atoms with Crippen molar-refractivity contribution in [2.75, 3.05) is 13.2 Å². The highest BCUT2D eigenvalue weighted by Gasteiger charge is 2.23. The highest BCUT2D eigenvalue weighted by atomic mass is 31.2. The van der Waals surface area contributed by atoms with Gasteiger partial charge in [-0.05, 0) is 18.4 Å². The number of nitrogens with one attached hydrogen (secondary N) is 1. The molecular formula is C15H24NO6P. The molecule has 0 saturated carbocycles. The maximum atomic E-state index is 11.6. The number of benzene rings is 1. The van der Waals surface area contributed by atoms with Crippen molar-refractivity contribution in [1.29, 1.82) is 0 Å². The van der Waals surface area contributed by atoms with Gasteiger partial charge >= 0.3 is 13.9 Å². The third-order valence-electron chi connectivity index (χ3n) is 2.96. The van der Waals surface area contributed by atoms with Gasteiger partial charge in [-0.1, -0.05) is 56.5 Å². The standard InChI is InChI=1S/C15H24NO6P/c1-2-3-4-8-12-20-15(17)16-22-23(18,19)21-13-11-14-9-6-5-7-10-14/h5-7,9-10H,2-4,8,11-13H2,1H3,(H,16,17)(H,18,19). The predicted molar refractivity (Wildman–Crippen MR) is 85.6 cm³/mol. The lowest BCUT2D eigenvalue weighted by Crippen LogP contribution is -2.24. The van der Waals surface area contributed by atoms with E-state index in [-0.39, 0.29) is 13.2 Å². The van der Waals surface area contributed by atoms with E-state index in [1.165, 1.54) is 0 Å². The van der Waals surface area contributed by atoms with Crippen LogP contribution in [-0.2, 0) is 24.9 Å². The van der Waals surface area contributed by atoms with E-state index in [0.717, 1.165) is 31.2 Å². The van der Waals surface area contributed by atoms with Crippen LogP contribution in [0.15, 0.2) is 30.3 Å². The summed E-state index contributed by atoms with van der Waals surface area (Å²) < 4.78 is 25.5. The van der Waals surface area contributed by atoms with Gasteiger partial charge in [0, 0.05) is 0 Å².